The summed E-state index contributed by atoms with van der Waals surface area (Å²) < 4.78 is 10.8. The zero-order valence-corrected chi connectivity index (χ0v) is 6.88. The average molecular weight is 139 g/mol. The second kappa shape index (κ2) is 5.53. The van der Waals surface area contributed by atoms with E-state index in [9.17, 15) is 4.21 Å². The van der Waals surface area contributed by atoms with Crippen LogP contribution in [0, 0.1) is 0 Å². The molecule has 0 aliphatic carbocycles. The molecule has 0 aromatic carbocycles. The van der Waals surface area contributed by atoms with Gasteiger partial charge in [-0.15, -0.1) is 0 Å². The van der Waals surface area contributed by atoms with Crippen LogP contribution in [0.3, 0.4) is 0 Å². The van der Waals surface area contributed by atoms with Crippen molar-refractivity contribution in [2.24, 2.45) is 0 Å². The van der Waals surface area contributed by atoms with Crippen molar-refractivity contribution in [3.63, 3.8) is 0 Å². The van der Waals surface area contributed by atoms with Crippen molar-refractivity contribution >= 4 is 29.7 Å². The van der Waals surface area contributed by atoms with Gasteiger partial charge in [0.05, 0.1) is 0 Å². The predicted octanol–water partition coefficient (Wildman–Crippen LogP) is 0.928. The van der Waals surface area contributed by atoms with E-state index in [4.69, 9.17) is 0 Å². The van der Waals surface area contributed by atoms with Crippen LogP contribution in [0.1, 0.15) is 25.7 Å². The molecule has 0 saturated carbocycles. The SMILES string of the molecule is O=S1CCCCCC1.[Li]. The molecule has 1 aliphatic rings. The minimum atomic E-state index is -0.458. The van der Waals surface area contributed by atoms with Crippen LogP contribution in [0.2, 0.25) is 0 Å². The van der Waals surface area contributed by atoms with Crippen LogP contribution < -0.4 is 0 Å². The van der Waals surface area contributed by atoms with Crippen LogP contribution in [-0.4, -0.2) is 34.6 Å². The molecule has 0 bridgehead atoms. The van der Waals surface area contributed by atoms with Gasteiger partial charge in [0.2, 0.25) is 0 Å². The van der Waals surface area contributed by atoms with E-state index in [2.05, 4.69) is 0 Å². The Bertz CT molecular complexity index is 85.1. The largest absolute Gasteiger partial charge is 0.260 e. The molecule has 3 heteroatoms. The second-order valence-corrected chi connectivity index (χ2v) is 3.96. The Morgan fingerprint density at radius 2 is 1.33 bits per heavy atom. The summed E-state index contributed by atoms with van der Waals surface area (Å²) in [5.74, 6) is 1.92. The molecule has 1 fully saturated rings. The van der Waals surface area contributed by atoms with E-state index in [0.717, 1.165) is 11.5 Å². The van der Waals surface area contributed by atoms with Gasteiger partial charge in [-0.3, -0.25) is 4.21 Å². The van der Waals surface area contributed by atoms with Crippen molar-refractivity contribution in [2.45, 2.75) is 25.7 Å². The molecular formula is C6H12LiOS. The first-order valence-electron chi connectivity index (χ1n) is 3.24. The van der Waals surface area contributed by atoms with Gasteiger partial charge in [-0.25, -0.2) is 0 Å². The fourth-order valence-electron chi connectivity index (χ4n) is 0.982. The Kier molecular flexibility index (Phi) is 5.98. The van der Waals surface area contributed by atoms with Crippen molar-refractivity contribution in [1.29, 1.82) is 0 Å². The van der Waals surface area contributed by atoms with Gasteiger partial charge in [-0.05, 0) is 12.8 Å². The molecule has 49 valence electrons. The molecule has 1 aliphatic heterocycles. The molecule has 1 heterocycles. The van der Waals surface area contributed by atoms with Crippen molar-refractivity contribution in [2.75, 3.05) is 11.5 Å². The average Bonchev–Trinajstić information content (AvgIpc) is 1.94. The van der Waals surface area contributed by atoms with Gasteiger partial charge in [0.1, 0.15) is 0 Å². The summed E-state index contributed by atoms with van der Waals surface area (Å²) in [5.41, 5.74) is 0. The minimum Gasteiger partial charge on any atom is -0.260 e. The van der Waals surface area contributed by atoms with E-state index in [1.54, 1.807) is 0 Å². The molecule has 0 spiro atoms. The van der Waals surface area contributed by atoms with Crippen LogP contribution in [0.4, 0.5) is 0 Å². The molecular weight excluding hydrogens is 127 g/mol. The van der Waals surface area contributed by atoms with E-state index in [-0.39, 0.29) is 18.9 Å². The first-order valence-corrected chi connectivity index (χ1v) is 4.73. The second-order valence-electron chi connectivity index (χ2n) is 2.26. The fraction of sp³-hybridized carbons (Fsp3) is 1.00. The van der Waals surface area contributed by atoms with Crippen LogP contribution in [-0.2, 0) is 10.8 Å². The Labute approximate surface area is 71.2 Å². The summed E-state index contributed by atoms with van der Waals surface area (Å²) in [6, 6.07) is 0. The van der Waals surface area contributed by atoms with Gasteiger partial charge in [0.25, 0.3) is 0 Å². The molecule has 1 saturated heterocycles. The molecule has 9 heavy (non-hydrogen) atoms. The summed E-state index contributed by atoms with van der Waals surface area (Å²) in [4.78, 5) is 0. The van der Waals surface area contributed by atoms with Crippen LogP contribution in [0.5, 0.6) is 0 Å². The maximum atomic E-state index is 10.8. The van der Waals surface area contributed by atoms with Gasteiger partial charge in [0.15, 0.2) is 0 Å². The number of rotatable bonds is 0. The molecule has 0 amide bonds. The van der Waals surface area contributed by atoms with E-state index < -0.39 is 10.8 Å². The van der Waals surface area contributed by atoms with E-state index in [0.29, 0.717) is 0 Å². The summed E-state index contributed by atoms with van der Waals surface area (Å²) in [7, 11) is -0.458. The maximum Gasteiger partial charge on any atom is 0.0234 e. The summed E-state index contributed by atoms with van der Waals surface area (Å²) in [6.07, 6.45) is 4.97. The fourth-order valence-corrected chi connectivity index (χ4v) is 2.24. The predicted molar refractivity (Wildman–Crippen MR) is 42.1 cm³/mol. The first kappa shape index (κ1) is 9.75. The Morgan fingerprint density at radius 1 is 0.889 bits per heavy atom. The summed E-state index contributed by atoms with van der Waals surface area (Å²) in [6.45, 7) is 0. The van der Waals surface area contributed by atoms with Crippen molar-refractivity contribution in [3.05, 3.63) is 0 Å². The van der Waals surface area contributed by atoms with Crippen molar-refractivity contribution < 1.29 is 4.21 Å². The normalized spacial score (nSPS) is 22.2. The van der Waals surface area contributed by atoms with Crippen LogP contribution >= 0.6 is 0 Å². The van der Waals surface area contributed by atoms with Gasteiger partial charge < -0.3 is 0 Å². The minimum absolute atomic E-state index is 0. The molecule has 0 unspecified atom stereocenters. The Balaban J connectivity index is 0.000000640. The third-order valence-electron chi connectivity index (χ3n) is 1.49. The Hall–Kier alpha value is 0.747. The van der Waals surface area contributed by atoms with Crippen LogP contribution in [0.15, 0.2) is 0 Å². The van der Waals surface area contributed by atoms with Crippen LogP contribution in [0.25, 0.3) is 0 Å². The summed E-state index contributed by atoms with van der Waals surface area (Å²) in [5, 5.41) is 0. The van der Waals surface area contributed by atoms with Gasteiger partial charge in [0, 0.05) is 41.2 Å². The summed E-state index contributed by atoms with van der Waals surface area (Å²) >= 11 is 0. The topological polar surface area (TPSA) is 17.1 Å². The van der Waals surface area contributed by atoms with E-state index in [1.807, 2.05) is 0 Å². The van der Waals surface area contributed by atoms with Gasteiger partial charge in [-0.1, -0.05) is 12.8 Å². The molecule has 0 N–H and O–H groups in total. The quantitative estimate of drug-likeness (QED) is 0.456. The third kappa shape index (κ3) is 4.19. The van der Waals surface area contributed by atoms with Gasteiger partial charge in [-0.2, -0.15) is 0 Å². The van der Waals surface area contributed by atoms with Crippen molar-refractivity contribution in [1.82, 2.24) is 0 Å². The van der Waals surface area contributed by atoms with Crippen molar-refractivity contribution in [3.8, 4) is 0 Å². The third-order valence-corrected chi connectivity index (χ3v) is 2.98. The Morgan fingerprint density at radius 3 is 1.78 bits per heavy atom. The van der Waals surface area contributed by atoms with Gasteiger partial charge >= 0.3 is 0 Å². The number of hydrogen-bond acceptors (Lipinski definition) is 1. The zero-order chi connectivity index (χ0) is 5.82. The van der Waals surface area contributed by atoms with E-state index >= 15 is 0 Å². The molecule has 0 atom stereocenters. The number of hydrogen-bond donors (Lipinski definition) is 0. The van der Waals surface area contributed by atoms with E-state index in [1.165, 1.54) is 25.7 Å². The molecule has 0 aromatic heterocycles. The maximum absolute atomic E-state index is 10.8. The first-order chi connectivity index (χ1) is 3.89. The molecule has 1 nitrogen and oxygen atoms in total. The molecule has 0 aromatic rings. The zero-order valence-electron chi connectivity index (χ0n) is 6.06. The smallest absolute Gasteiger partial charge is 0.0234 e. The molecule has 1 radical (unpaired) electrons. The standard InChI is InChI=1S/C6H12OS.Li/c7-8-5-3-1-2-4-6-8;/h1-6H2;. The monoisotopic (exact) mass is 139 g/mol. The molecule has 1 rings (SSSR count).